The molecule has 0 aliphatic carbocycles. The fourth-order valence-corrected chi connectivity index (χ4v) is 3.19. The second-order valence-electron chi connectivity index (χ2n) is 7.21. The highest BCUT2D eigenvalue weighted by molar-refractivity contribution is 7.13. The number of hydrogen-bond acceptors (Lipinski definition) is 6. The average Bonchev–Trinajstić information content (AvgIpc) is 2.99. The first-order valence-corrected chi connectivity index (χ1v) is 9.71. The van der Waals surface area contributed by atoms with E-state index >= 15 is 0 Å². The molecule has 7 heteroatoms. The molecule has 0 atom stereocenters. The van der Waals surface area contributed by atoms with E-state index in [1.54, 1.807) is 12.3 Å². The molecule has 1 aromatic carbocycles. The van der Waals surface area contributed by atoms with E-state index in [4.69, 9.17) is 9.47 Å². The van der Waals surface area contributed by atoms with Crippen LogP contribution in [-0.2, 0) is 26.2 Å². The third kappa shape index (κ3) is 6.36. The van der Waals surface area contributed by atoms with E-state index in [1.165, 1.54) is 11.3 Å². The highest BCUT2D eigenvalue weighted by atomic mass is 32.1. The normalized spacial score (nSPS) is 11.1. The van der Waals surface area contributed by atoms with Crippen LogP contribution in [0.1, 0.15) is 44.5 Å². The molecule has 1 heterocycles. The number of benzene rings is 1. The van der Waals surface area contributed by atoms with Crippen molar-refractivity contribution in [3.63, 3.8) is 0 Å². The molecule has 0 aliphatic rings. The highest BCUT2D eigenvalue weighted by Crippen LogP contribution is 2.32. The quantitative estimate of drug-likeness (QED) is 0.726. The van der Waals surface area contributed by atoms with Gasteiger partial charge in [-0.15, -0.1) is 11.3 Å². The maximum Gasteiger partial charge on any atom is 0.311 e. The average molecular weight is 391 g/mol. The number of amides is 1. The predicted octanol–water partition coefficient (Wildman–Crippen LogP) is 3.87. The predicted molar refractivity (Wildman–Crippen MR) is 106 cm³/mol. The van der Waals surface area contributed by atoms with Gasteiger partial charge in [-0.05, 0) is 30.9 Å². The molecule has 0 spiro atoms. The maximum atomic E-state index is 12.2. The van der Waals surface area contributed by atoms with Crippen LogP contribution in [0.25, 0.3) is 0 Å². The van der Waals surface area contributed by atoms with Crippen LogP contribution < -0.4 is 10.1 Å². The Morgan fingerprint density at radius 2 is 2.00 bits per heavy atom. The molecule has 1 aromatic heterocycles. The van der Waals surface area contributed by atoms with Crippen LogP contribution in [0.4, 0.5) is 5.13 Å². The van der Waals surface area contributed by atoms with E-state index in [0.29, 0.717) is 23.2 Å². The van der Waals surface area contributed by atoms with E-state index in [9.17, 15) is 9.59 Å². The molecule has 1 amide bonds. The summed E-state index contributed by atoms with van der Waals surface area (Å²) in [6.07, 6.45) is 0.0923. The van der Waals surface area contributed by atoms with Gasteiger partial charge < -0.3 is 9.47 Å². The molecule has 0 saturated heterocycles. The number of hydrogen-bond donors (Lipinski definition) is 1. The third-order valence-electron chi connectivity index (χ3n) is 3.73. The summed E-state index contributed by atoms with van der Waals surface area (Å²) in [6, 6.07) is 5.94. The van der Waals surface area contributed by atoms with Crippen molar-refractivity contribution in [1.82, 2.24) is 4.98 Å². The molecule has 146 valence electrons. The van der Waals surface area contributed by atoms with Gasteiger partial charge in [0.2, 0.25) is 0 Å². The van der Waals surface area contributed by atoms with Gasteiger partial charge in [0.1, 0.15) is 5.75 Å². The van der Waals surface area contributed by atoms with Crippen molar-refractivity contribution in [2.45, 2.75) is 46.5 Å². The summed E-state index contributed by atoms with van der Waals surface area (Å²) in [7, 11) is 0. The molecule has 27 heavy (non-hydrogen) atoms. The topological polar surface area (TPSA) is 77.5 Å². The van der Waals surface area contributed by atoms with E-state index < -0.39 is 0 Å². The van der Waals surface area contributed by atoms with Crippen molar-refractivity contribution < 1.29 is 19.1 Å². The monoisotopic (exact) mass is 390 g/mol. The summed E-state index contributed by atoms with van der Waals surface area (Å²) in [6.45, 7) is 10.3. The number of thiazole rings is 1. The third-order valence-corrected chi connectivity index (χ3v) is 4.54. The molecule has 0 saturated carbocycles. The van der Waals surface area contributed by atoms with Crippen molar-refractivity contribution in [2.75, 3.05) is 18.5 Å². The van der Waals surface area contributed by atoms with Crippen molar-refractivity contribution in [3.05, 3.63) is 40.4 Å². The molecule has 0 aliphatic heterocycles. The molecule has 0 fully saturated rings. The van der Waals surface area contributed by atoms with Gasteiger partial charge in [-0.3, -0.25) is 14.9 Å². The van der Waals surface area contributed by atoms with Crippen LogP contribution in [0.15, 0.2) is 23.6 Å². The van der Waals surface area contributed by atoms with Crippen LogP contribution in [0.2, 0.25) is 0 Å². The van der Waals surface area contributed by atoms with Gasteiger partial charge in [0, 0.05) is 5.38 Å². The fraction of sp³-hybridized carbons (Fsp3) is 0.450. The number of nitrogens with zero attached hydrogens (tertiary/aromatic N) is 1. The SMILES string of the molecule is CCOC(=O)Cc1csc(NC(=O)COc2ccc(C)cc2C(C)(C)C)n1. The number of rotatable bonds is 7. The molecule has 0 radical (unpaired) electrons. The van der Waals surface area contributed by atoms with Crippen LogP contribution in [0.5, 0.6) is 5.75 Å². The molecule has 2 rings (SSSR count). The summed E-state index contributed by atoms with van der Waals surface area (Å²) < 4.78 is 10.6. The molecule has 2 aromatic rings. The molecule has 0 unspecified atom stereocenters. The number of carbonyl (C=O) groups is 2. The largest absolute Gasteiger partial charge is 0.483 e. The standard InChI is InChI=1S/C20H26N2O4S/c1-6-25-18(24)10-14-12-27-19(21-14)22-17(23)11-26-16-8-7-13(2)9-15(16)20(3,4)5/h7-9,12H,6,10-11H2,1-5H3,(H,21,22,23). The molecule has 1 N–H and O–H groups in total. The smallest absolute Gasteiger partial charge is 0.311 e. The van der Waals surface area contributed by atoms with E-state index in [0.717, 1.165) is 11.1 Å². The first kappa shape index (κ1) is 20.9. The minimum Gasteiger partial charge on any atom is -0.483 e. The van der Waals surface area contributed by atoms with Crippen molar-refractivity contribution in [3.8, 4) is 5.75 Å². The van der Waals surface area contributed by atoms with Crippen molar-refractivity contribution in [2.24, 2.45) is 0 Å². The first-order chi connectivity index (χ1) is 12.7. The van der Waals surface area contributed by atoms with E-state index in [2.05, 4.69) is 37.1 Å². The number of esters is 1. The fourth-order valence-electron chi connectivity index (χ4n) is 2.46. The highest BCUT2D eigenvalue weighted by Gasteiger charge is 2.20. The zero-order chi connectivity index (χ0) is 20.0. The summed E-state index contributed by atoms with van der Waals surface area (Å²) in [5.41, 5.74) is 2.69. The number of anilines is 1. The Hall–Kier alpha value is -2.41. The summed E-state index contributed by atoms with van der Waals surface area (Å²) in [5, 5.41) is 4.86. The van der Waals surface area contributed by atoms with E-state index in [-0.39, 0.29) is 30.3 Å². The van der Waals surface area contributed by atoms with Gasteiger partial charge in [0.15, 0.2) is 11.7 Å². The number of aromatic nitrogens is 1. The minimum atomic E-state index is -0.335. The Labute approximate surface area is 163 Å². The van der Waals surface area contributed by atoms with Crippen LogP contribution in [-0.4, -0.2) is 30.1 Å². The van der Waals surface area contributed by atoms with Crippen LogP contribution >= 0.6 is 11.3 Å². The zero-order valence-electron chi connectivity index (χ0n) is 16.4. The number of ether oxygens (including phenoxy) is 2. The Kier molecular flexibility index (Phi) is 6.96. The van der Waals surface area contributed by atoms with E-state index in [1.807, 2.05) is 19.1 Å². The van der Waals surface area contributed by atoms with Gasteiger partial charge in [-0.25, -0.2) is 4.98 Å². The second kappa shape index (κ2) is 8.99. The molecular weight excluding hydrogens is 364 g/mol. The van der Waals surface area contributed by atoms with Gasteiger partial charge in [-0.1, -0.05) is 38.5 Å². The van der Waals surface area contributed by atoms with Gasteiger partial charge in [-0.2, -0.15) is 0 Å². The number of carbonyl (C=O) groups excluding carboxylic acids is 2. The number of nitrogens with one attached hydrogen (secondary N) is 1. The lowest BCUT2D eigenvalue weighted by molar-refractivity contribution is -0.142. The van der Waals surface area contributed by atoms with Gasteiger partial charge in [0.25, 0.3) is 5.91 Å². The Balaban J connectivity index is 1.94. The van der Waals surface area contributed by atoms with Crippen molar-refractivity contribution >= 4 is 28.3 Å². The summed E-state index contributed by atoms with van der Waals surface area (Å²) in [4.78, 5) is 27.9. The Bertz CT molecular complexity index is 809. The maximum absolute atomic E-state index is 12.2. The molecule has 0 bridgehead atoms. The molecular formula is C20H26N2O4S. The number of aryl methyl sites for hydroxylation is 1. The summed E-state index contributed by atoms with van der Waals surface area (Å²) >= 11 is 1.26. The van der Waals surface area contributed by atoms with Crippen LogP contribution in [0.3, 0.4) is 0 Å². The first-order valence-electron chi connectivity index (χ1n) is 8.83. The Morgan fingerprint density at radius 1 is 1.26 bits per heavy atom. The summed E-state index contributed by atoms with van der Waals surface area (Å²) in [5.74, 6) is 0.0657. The lowest BCUT2D eigenvalue weighted by atomic mass is 9.85. The lowest BCUT2D eigenvalue weighted by Gasteiger charge is -2.23. The van der Waals surface area contributed by atoms with Crippen molar-refractivity contribution in [1.29, 1.82) is 0 Å². The second-order valence-corrected chi connectivity index (χ2v) is 8.07. The lowest BCUT2D eigenvalue weighted by Crippen LogP contribution is -2.22. The van der Waals surface area contributed by atoms with Gasteiger partial charge >= 0.3 is 5.97 Å². The van der Waals surface area contributed by atoms with Gasteiger partial charge in [0.05, 0.1) is 18.7 Å². The zero-order valence-corrected chi connectivity index (χ0v) is 17.2. The molecule has 6 nitrogen and oxygen atoms in total. The van der Waals surface area contributed by atoms with Crippen LogP contribution in [0, 0.1) is 6.92 Å². The Morgan fingerprint density at radius 3 is 2.67 bits per heavy atom. The minimum absolute atomic E-state index is 0.0882.